The molecular formula is C31H36F2N2O6. The van der Waals surface area contributed by atoms with Crippen LogP contribution in [-0.4, -0.2) is 76.4 Å². The van der Waals surface area contributed by atoms with Crippen molar-refractivity contribution in [2.45, 2.75) is 69.4 Å². The number of ether oxygens (including phenoxy) is 2. The first-order valence-corrected chi connectivity index (χ1v) is 14.0. The van der Waals surface area contributed by atoms with Gasteiger partial charge in [-0.2, -0.15) is 0 Å². The van der Waals surface area contributed by atoms with Crippen molar-refractivity contribution in [2.75, 3.05) is 26.2 Å². The molecule has 2 aromatic rings. The molecule has 0 radical (unpaired) electrons. The molecule has 2 aromatic carbocycles. The highest BCUT2D eigenvalue weighted by Crippen LogP contribution is 2.45. The molecule has 1 N–H and O–H groups in total. The largest absolute Gasteiger partial charge is 0.479 e. The van der Waals surface area contributed by atoms with Crippen LogP contribution in [0.3, 0.4) is 0 Å². The summed E-state index contributed by atoms with van der Waals surface area (Å²) < 4.78 is 39.8. The maximum atomic E-state index is 14.3. The molecule has 1 atom stereocenters. The second-order valence-electron chi connectivity index (χ2n) is 12.4. The number of alkyl halides is 2. The van der Waals surface area contributed by atoms with Crippen LogP contribution in [0.4, 0.5) is 18.4 Å². The van der Waals surface area contributed by atoms with E-state index in [-0.39, 0.29) is 45.0 Å². The van der Waals surface area contributed by atoms with Gasteiger partial charge in [-0.05, 0) is 61.8 Å². The van der Waals surface area contributed by atoms with Gasteiger partial charge in [-0.1, -0.05) is 48.5 Å². The first-order valence-electron chi connectivity index (χ1n) is 14.0. The van der Waals surface area contributed by atoms with Crippen LogP contribution in [0.2, 0.25) is 0 Å². The van der Waals surface area contributed by atoms with Gasteiger partial charge in [0.15, 0.2) is 5.54 Å². The van der Waals surface area contributed by atoms with Crippen molar-refractivity contribution in [3.05, 3.63) is 59.7 Å². The minimum Gasteiger partial charge on any atom is -0.479 e. The van der Waals surface area contributed by atoms with Crippen LogP contribution in [-0.2, 0) is 14.3 Å². The van der Waals surface area contributed by atoms with Crippen LogP contribution in [0.5, 0.6) is 0 Å². The molecule has 1 saturated heterocycles. The predicted octanol–water partition coefficient (Wildman–Crippen LogP) is 6.14. The molecule has 1 unspecified atom stereocenters. The topological polar surface area (TPSA) is 96.4 Å². The SMILES string of the molecule is CC(C)(C)OC(=O)N1CC(C(=O)O)(N(CC2CCCC(F)(F)C2)C(=O)OCC2c3ccccc3-c3ccccc32)C1. The highest BCUT2D eigenvalue weighted by Gasteiger charge is 2.59. The van der Waals surface area contributed by atoms with Crippen molar-refractivity contribution in [1.82, 2.24) is 9.80 Å². The summed E-state index contributed by atoms with van der Waals surface area (Å²) in [5.41, 5.74) is 1.46. The fourth-order valence-electron chi connectivity index (χ4n) is 6.25. The molecule has 0 bridgehead atoms. The van der Waals surface area contributed by atoms with Crippen LogP contribution >= 0.6 is 0 Å². The van der Waals surface area contributed by atoms with E-state index >= 15 is 0 Å². The molecule has 1 saturated carbocycles. The maximum absolute atomic E-state index is 14.3. The van der Waals surface area contributed by atoms with Gasteiger partial charge in [-0.3, -0.25) is 4.90 Å². The van der Waals surface area contributed by atoms with Gasteiger partial charge in [0.25, 0.3) is 0 Å². The first kappa shape index (κ1) is 28.8. The second kappa shape index (κ2) is 10.6. The third-order valence-electron chi connectivity index (χ3n) is 8.21. The number of nitrogens with zero attached hydrogens (tertiary/aromatic N) is 2. The zero-order valence-electron chi connectivity index (χ0n) is 23.6. The number of carbonyl (C=O) groups is 3. The Morgan fingerprint density at radius 2 is 1.61 bits per heavy atom. The Labute approximate surface area is 238 Å². The minimum atomic E-state index is -2.88. The van der Waals surface area contributed by atoms with Crippen molar-refractivity contribution in [3.63, 3.8) is 0 Å². The Kier molecular flexibility index (Phi) is 7.46. The Hall–Kier alpha value is -3.69. The summed E-state index contributed by atoms with van der Waals surface area (Å²) in [6.45, 7) is 4.18. The molecular weight excluding hydrogens is 534 g/mol. The number of aliphatic carboxylic acids is 1. The number of benzene rings is 2. The Morgan fingerprint density at radius 3 is 2.15 bits per heavy atom. The number of hydrogen-bond donors (Lipinski definition) is 1. The lowest BCUT2D eigenvalue weighted by atomic mass is 9.83. The van der Waals surface area contributed by atoms with Gasteiger partial charge in [0.1, 0.15) is 12.2 Å². The van der Waals surface area contributed by atoms with Crippen LogP contribution in [0.15, 0.2) is 48.5 Å². The molecule has 41 heavy (non-hydrogen) atoms. The van der Waals surface area contributed by atoms with Crippen molar-refractivity contribution < 1.29 is 37.7 Å². The van der Waals surface area contributed by atoms with Gasteiger partial charge in [0.2, 0.25) is 5.92 Å². The van der Waals surface area contributed by atoms with E-state index in [1.54, 1.807) is 20.8 Å². The molecule has 1 heterocycles. The van der Waals surface area contributed by atoms with Gasteiger partial charge in [0.05, 0.1) is 13.1 Å². The smallest absolute Gasteiger partial charge is 0.410 e. The fraction of sp³-hybridized carbons (Fsp3) is 0.516. The van der Waals surface area contributed by atoms with Crippen LogP contribution in [0.25, 0.3) is 11.1 Å². The lowest BCUT2D eigenvalue weighted by Crippen LogP contribution is -2.76. The monoisotopic (exact) mass is 570 g/mol. The minimum absolute atomic E-state index is 0.0460. The second-order valence-corrected chi connectivity index (χ2v) is 12.4. The molecule has 2 aliphatic carbocycles. The summed E-state index contributed by atoms with van der Waals surface area (Å²) in [7, 11) is 0. The van der Waals surface area contributed by atoms with Gasteiger partial charge in [-0.25, -0.2) is 23.2 Å². The van der Waals surface area contributed by atoms with Crippen molar-refractivity contribution in [1.29, 1.82) is 0 Å². The summed E-state index contributed by atoms with van der Waals surface area (Å²) >= 11 is 0. The summed E-state index contributed by atoms with van der Waals surface area (Å²) in [6.07, 6.45) is -1.55. The average Bonchev–Trinajstić information content (AvgIpc) is 3.18. The van der Waals surface area contributed by atoms with E-state index in [4.69, 9.17) is 9.47 Å². The Balaban J connectivity index is 1.38. The zero-order valence-corrected chi connectivity index (χ0v) is 23.6. The molecule has 0 aromatic heterocycles. The van der Waals surface area contributed by atoms with Crippen molar-refractivity contribution >= 4 is 18.2 Å². The summed E-state index contributed by atoms with van der Waals surface area (Å²) in [6, 6.07) is 15.7. The van der Waals surface area contributed by atoms with E-state index in [1.165, 1.54) is 4.90 Å². The summed E-state index contributed by atoms with van der Waals surface area (Å²) in [5, 5.41) is 10.3. The predicted molar refractivity (Wildman–Crippen MR) is 147 cm³/mol. The Bertz CT molecular complexity index is 1290. The zero-order chi connectivity index (χ0) is 29.6. The summed E-state index contributed by atoms with van der Waals surface area (Å²) in [5.74, 6) is -5.07. The normalized spacial score (nSPS) is 20.8. The number of hydrogen-bond acceptors (Lipinski definition) is 5. The molecule has 10 heteroatoms. The average molecular weight is 571 g/mol. The van der Waals surface area contributed by atoms with Gasteiger partial charge >= 0.3 is 18.2 Å². The lowest BCUT2D eigenvalue weighted by Gasteiger charge is -2.52. The van der Waals surface area contributed by atoms with Crippen LogP contribution in [0, 0.1) is 5.92 Å². The van der Waals surface area contributed by atoms with E-state index in [0.717, 1.165) is 27.2 Å². The first-order chi connectivity index (χ1) is 19.3. The standard InChI is InChI=1S/C31H36F2N2O6/c1-29(2,3)41-27(38)34-18-30(19-34,26(36)37)35(16-20-9-8-14-31(32,33)15-20)28(39)40-17-25-23-12-6-4-10-21(23)22-11-5-7-13-24(22)25/h4-7,10-13,20,25H,8-9,14-19H2,1-3H3,(H,36,37). The molecule has 2 amide bonds. The highest BCUT2D eigenvalue weighted by atomic mass is 19.3. The van der Waals surface area contributed by atoms with Gasteiger partial charge in [-0.15, -0.1) is 0 Å². The van der Waals surface area contributed by atoms with E-state index in [1.807, 2.05) is 48.5 Å². The van der Waals surface area contributed by atoms with E-state index in [0.29, 0.717) is 6.42 Å². The number of fused-ring (bicyclic) bond motifs is 3. The van der Waals surface area contributed by atoms with Gasteiger partial charge < -0.3 is 19.5 Å². The third-order valence-corrected chi connectivity index (χ3v) is 8.21. The quantitative estimate of drug-likeness (QED) is 0.449. The molecule has 3 aliphatic rings. The van der Waals surface area contributed by atoms with E-state index < -0.39 is 47.6 Å². The molecule has 8 nitrogen and oxygen atoms in total. The maximum Gasteiger partial charge on any atom is 0.410 e. The number of carboxylic acid groups (broad SMARTS) is 1. The van der Waals surface area contributed by atoms with E-state index in [9.17, 15) is 28.3 Å². The number of carbonyl (C=O) groups excluding carboxylic acids is 2. The lowest BCUT2D eigenvalue weighted by molar-refractivity contribution is -0.163. The number of amides is 2. The highest BCUT2D eigenvalue weighted by molar-refractivity contribution is 5.89. The van der Waals surface area contributed by atoms with E-state index in [2.05, 4.69) is 0 Å². The van der Waals surface area contributed by atoms with Crippen LogP contribution in [0.1, 0.15) is 63.5 Å². The third kappa shape index (κ3) is 5.74. The van der Waals surface area contributed by atoms with Gasteiger partial charge in [0, 0.05) is 25.3 Å². The molecule has 1 aliphatic heterocycles. The van der Waals surface area contributed by atoms with Crippen molar-refractivity contribution in [3.8, 4) is 11.1 Å². The molecule has 5 rings (SSSR count). The number of rotatable bonds is 6. The Morgan fingerprint density at radius 1 is 1.02 bits per heavy atom. The number of halogens is 2. The molecule has 220 valence electrons. The van der Waals surface area contributed by atoms with Crippen LogP contribution < -0.4 is 0 Å². The summed E-state index contributed by atoms with van der Waals surface area (Å²) in [4.78, 5) is 41.3. The molecule has 0 spiro atoms. The number of carboxylic acids is 1. The molecule has 2 fully saturated rings. The number of likely N-dealkylation sites (tertiary alicyclic amines) is 1. The fourth-order valence-corrected chi connectivity index (χ4v) is 6.25. The van der Waals surface area contributed by atoms with Crippen molar-refractivity contribution in [2.24, 2.45) is 5.92 Å².